The van der Waals surface area contributed by atoms with Crippen LogP contribution in [0, 0.1) is 0 Å². The summed E-state index contributed by atoms with van der Waals surface area (Å²) in [5.74, 6) is -1.49. The van der Waals surface area contributed by atoms with Gasteiger partial charge >= 0.3 is 17.3 Å². The van der Waals surface area contributed by atoms with Gasteiger partial charge in [-0.25, -0.2) is 19.7 Å². The molecule has 202 valence electrons. The van der Waals surface area contributed by atoms with E-state index in [9.17, 15) is 38.3 Å². The van der Waals surface area contributed by atoms with Gasteiger partial charge in [-0.2, -0.15) is 13.1 Å². The predicted octanol–water partition coefficient (Wildman–Crippen LogP) is -3.68. The van der Waals surface area contributed by atoms with Gasteiger partial charge in [-0.05, 0) is 5.46 Å². The number of benzene rings is 1. The summed E-state index contributed by atoms with van der Waals surface area (Å²) in [7, 11) is -6.31. The van der Waals surface area contributed by atoms with Crippen LogP contribution in [0.2, 0.25) is 0 Å². The Morgan fingerprint density at radius 2 is 1.84 bits per heavy atom. The Labute approximate surface area is 215 Å². The summed E-state index contributed by atoms with van der Waals surface area (Å²) in [6.45, 7) is -0.512. The number of aliphatic hydroxyl groups is 2. The molecule has 1 fully saturated rings. The molecule has 8 N–H and O–H groups in total. The van der Waals surface area contributed by atoms with Crippen molar-refractivity contribution in [1.82, 2.24) is 29.0 Å². The lowest BCUT2D eigenvalue weighted by Crippen LogP contribution is -2.45. The van der Waals surface area contributed by atoms with Crippen LogP contribution >= 0.6 is 0 Å². The van der Waals surface area contributed by atoms with Crippen LogP contribution in [0.3, 0.4) is 0 Å². The number of nitrogen functional groups attached to an aromatic ring is 1. The molecule has 1 aliphatic heterocycles. The van der Waals surface area contributed by atoms with Crippen LogP contribution in [0.1, 0.15) is 29.4 Å². The third-order valence-electron chi connectivity index (χ3n) is 5.84. The average molecular weight is 549 g/mol. The molecule has 1 aliphatic rings. The van der Waals surface area contributed by atoms with Gasteiger partial charge < -0.3 is 30.7 Å². The minimum Gasteiger partial charge on any atom is -0.423 e. The number of anilines is 1. The first-order chi connectivity index (χ1) is 18.0. The molecule has 0 aliphatic carbocycles. The number of nitrogens with two attached hydrogens (primary N) is 1. The molecule has 0 bridgehead atoms. The van der Waals surface area contributed by atoms with Gasteiger partial charge in [0.1, 0.15) is 30.2 Å². The van der Waals surface area contributed by atoms with E-state index in [2.05, 4.69) is 19.7 Å². The van der Waals surface area contributed by atoms with Crippen molar-refractivity contribution in [3.63, 3.8) is 0 Å². The molecule has 38 heavy (non-hydrogen) atoms. The number of ether oxygens (including phenoxy) is 1. The maximum absolute atomic E-state index is 12.4. The van der Waals surface area contributed by atoms with E-state index in [1.165, 1.54) is 41.5 Å². The number of imidazole rings is 1. The first-order valence-corrected chi connectivity index (χ1v) is 12.7. The summed E-state index contributed by atoms with van der Waals surface area (Å²) in [6.07, 6.45) is -3.78. The molecule has 4 atom stereocenters. The molecule has 3 aromatic rings. The van der Waals surface area contributed by atoms with Crippen molar-refractivity contribution < 1.29 is 43.0 Å². The molecule has 2 aromatic heterocycles. The third-order valence-corrected chi connectivity index (χ3v) is 6.88. The standard InChI is InChI=1S/C20H24BN7O9S/c22-18-15-19(24-8-23-18)28(9-25-15)20-17(32)16(31)13(37-20)7-26-38(35,36)27-14(30)6-5-12(29)10-3-1-2-4-11(10)21(33)34/h1-4,8-9,13,16-17,20,26,31-34H,5-7H2,(H,27,30)(H2,22,23,24)/t13-,16-,17-,20-/m1/s1. The summed E-state index contributed by atoms with van der Waals surface area (Å²) < 4.78 is 35.4. The quantitative estimate of drug-likeness (QED) is 0.0952. The Balaban J connectivity index is 1.32. The highest BCUT2D eigenvalue weighted by Gasteiger charge is 2.44. The number of carbonyl (C=O) groups excluding carboxylic acids is 2. The van der Waals surface area contributed by atoms with Crippen LogP contribution in [0.25, 0.3) is 11.2 Å². The zero-order chi connectivity index (χ0) is 27.6. The fourth-order valence-electron chi connectivity index (χ4n) is 3.95. The molecule has 1 amide bonds. The second kappa shape index (κ2) is 11.1. The smallest absolute Gasteiger partial charge is 0.423 e. The van der Waals surface area contributed by atoms with Gasteiger partial charge in [0.25, 0.3) is 0 Å². The van der Waals surface area contributed by atoms with Gasteiger partial charge in [0.05, 0.1) is 6.33 Å². The number of amides is 1. The van der Waals surface area contributed by atoms with Gasteiger partial charge in [-0.3, -0.25) is 14.2 Å². The van der Waals surface area contributed by atoms with Crippen LogP contribution in [0.5, 0.6) is 0 Å². The van der Waals surface area contributed by atoms with E-state index >= 15 is 0 Å². The Morgan fingerprint density at radius 3 is 2.58 bits per heavy atom. The molecule has 0 saturated carbocycles. The van der Waals surface area contributed by atoms with Crippen molar-refractivity contribution in [2.45, 2.75) is 37.4 Å². The fraction of sp³-hybridized carbons (Fsp3) is 0.350. The molecule has 18 heteroatoms. The number of fused-ring (bicyclic) bond motifs is 1. The van der Waals surface area contributed by atoms with Crippen LogP contribution in [-0.4, -0.2) is 91.9 Å². The molecular weight excluding hydrogens is 525 g/mol. The lowest BCUT2D eigenvalue weighted by molar-refractivity contribution is -0.119. The van der Waals surface area contributed by atoms with Gasteiger partial charge in [0.2, 0.25) is 5.91 Å². The van der Waals surface area contributed by atoms with Crippen molar-refractivity contribution in [3.05, 3.63) is 42.5 Å². The summed E-state index contributed by atoms with van der Waals surface area (Å²) >= 11 is 0. The molecule has 1 saturated heterocycles. The van der Waals surface area contributed by atoms with Gasteiger partial charge in [-0.1, -0.05) is 24.3 Å². The number of hydrogen-bond acceptors (Lipinski definition) is 13. The van der Waals surface area contributed by atoms with E-state index in [0.717, 1.165) is 0 Å². The number of nitrogens with zero attached hydrogens (tertiary/aromatic N) is 4. The highest BCUT2D eigenvalue weighted by Crippen LogP contribution is 2.31. The van der Waals surface area contributed by atoms with Crippen molar-refractivity contribution in [2.24, 2.45) is 0 Å². The van der Waals surface area contributed by atoms with Crippen molar-refractivity contribution in [1.29, 1.82) is 0 Å². The maximum Gasteiger partial charge on any atom is 0.489 e. The summed E-state index contributed by atoms with van der Waals surface area (Å²) in [4.78, 5) is 36.4. The molecule has 0 radical (unpaired) electrons. The lowest BCUT2D eigenvalue weighted by atomic mass is 9.76. The van der Waals surface area contributed by atoms with E-state index < -0.39 is 72.9 Å². The summed E-state index contributed by atoms with van der Waals surface area (Å²) in [5.41, 5.74) is 6.19. The Morgan fingerprint density at radius 1 is 1.11 bits per heavy atom. The molecule has 3 heterocycles. The minimum absolute atomic E-state index is 0.00316. The monoisotopic (exact) mass is 549 g/mol. The molecule has 4 rings (SSSR count). The summed E-state index contributed by atoms with van der Waals surface area (Å²) in [5, 5.41) is 39.6. The first kappa shape index (κ1) is 27.5. The normalized spacial score (nSPS) is 21.5. The number of ketones is 1. The van der Waals surface area contributed by atoms with E-state index in [0.29, 0.717) is 0 Å². The molecular formula is C20H24BN7O9S. The highest BCUT2D eigenvalue weighted by molar-refractivity contribution is 7.88. The zero-order valence-electron chi connectivity index (χ0n) is 19.6. The number of carbonyl (C=O) groups is 2. The first-order valence-electron chi connectivity index (χ1n) is 11.2. The average Bonchev–Trinajstić information content (AvgIpc) is 3.42. The van der Waals surface area contributed by atoms with Gasteiger partial charge in [0.15, 0.2) is 23.5 Å². The van der Waals surface area contributed by atoms with Gasteiger partial charge in [-0.15, -0.1) is 0 Å². The Hall–Kier alpha value is -3.52. The number of nitrogens with one attached hydrogen (secondary N) is 2. The maximum atomic E-state index is 12.4. The largest absolute Gasteiger partial charge is 0.489 e. The zero-order valence-corrected chi connectivity index (χ0v) is 20.4. The molecule has 0 spiro atoms. The highest BCUT2D eigenvalue weighted by atomic mass is 32.2. The van der Waals surface area contributed by atoms with E-state index in [1.807, 2.05) is 0 Å². The SMILES string of the molecule is Nc1ncnc2c1ncn2[C@@H]1O[C@H](CNS(=O)(=O)NC(=O)CCC(=O)c2ccccc2B(O)O)[C@@H](O)[C@H]1O. The van der Waals surface area contributed by atoms with E-state index in [1.54, 1.807) is 4.72 Å². The number of rotatable bonds is 10. The van der Waals surface area contributed by atoms with E-state index in [4.69, 9.17) is 10.5 Å². The Bertz CT molecular complexity index is 1450. The molecule has 0 unspecified atom stereocenters. The topological polar surface area (TPSA) is 252 Å². The number of Topliss-reactive ketones (excluding diaryl/α,β-unsaturated/α-hetero) is 1. The minimum atomic E-state index is -4.42. The van der Waals surface area contributed by atoms with E-state index in [-0.39, 0.29) is 28.0 Å². The second-order valence-electron chi connectivity index (χ2n) is 8.39. The second-order valence-corrected chi connectivity index (χ2v) is 9.89. The Kier molecular flexibility index (Phi) is 8.02. The fourth-order valence-corrected chi connectivity index (χ4v) is 4.81. The summed E-state index contributed by atoms with van der Waals surface area (Å²) in [6, 6.07) is 5.71. The molecule has 16 nitrogen and oxygen atoms in total. The van der Waals surface area contributed by atoms with Crippen molar-refractivity contribution >= 4 is 51.5 Å². The van der Waals surface area contributed by atoms with Crippen LogP contribution < -0.4 is 20.6 Å². The van der Waals surface area contributed by atoms with Crippen molar-refractivity contribution in [2.75, 3.05) is 12.3 Å². The van der Waals surface area contributed by atoms with Gasteiger partial charge in [0, 0.05) is 24.9 Å². The van der Waals surface area contributed by atoms with Crippen LogP contribution in [0.15, 0.2) is 36.9 Å². The van der Waals surface area contributed by atoms with Crippen LogP contribution in [-0.2, 0) is 19.7 Å². The number of aliphatic hydroxyl groups excluding tert-OH is 2. The number of aromatic nitrogens is 4. The number of hydrogen-bond donors (Lipinski definition) is 7. The lowest BCUT2D eigenvalue weighted by Gasteiger charge is -2.16. The van der Waals surface area contributed by atoms with Crippen molar-refractivity contribution in [3.8, 4) is 0 Å². The van der Waals surface area contributed by atoms with Crippen LogP contribution in [0.4, 0.5) is 5.82 Å². The predicted molar refractivity (Wildman–Crippen MR) is 131 cm³/mol. The third kappa shape index (κ3) is 5.80. The molecule has 1 aromatic carbocycles.